The molecule has 2 fully saturated rings. The number of anilines is 2. The Morgan fingerprint density at radius 3 is 2.44 bits per heavy atom. The number of rotatable bonds is 10. The number of amides is 1. The molecule has 0 aliphatic carbocycles. The summed E-state index contributed by atoms with van der Waals surface area (Å²) in [5.41, 5.74) is 5.10. The monoisotopic (exact) mass is 576 g/mol. The first-order valence-corrected chi connectivity index (χ1v) is 15.3. The average Bonchev–Trinajstić information content (AvgIpc) is 3.02. The van der Waals surface area contributed by atoms with Crippen molar-refractivity contribution in [2.24, 2.45) is 0 Å². The topological polar surface area (TPSA) is 83.1 Å². The van der Waals surface area contributed by atoms with Crippen LogP contribution in [-0.4, -0.2) is 93.5 Å². The van der Waals surface area contributed by atoms with Crippen LogP contribution in [-0.2, 0) is 10.5 Å². The number of hydrogen-bond donors (Lipinski definition) is 1. The molecule has 0 bridgehead atoms. The summed E-state index contributed by atoms with van der Waals surface area (Å²) in [6.07, 6.45) is 0. The highest BCUT2D eigenvalue weighted by molar-refractivity contribution is 7.98. The molecule has 41 heavy (non-hydrogen) atoms. The molecule has 0 radical (unpaired) electrons. The maximum atomic E-state index is 12.8. The quantitative estimate of drug-likeness (QED) is 0.286. The van der Waals surface area contributed by atoms with Gasteiger partial charge in [0.15, 0.2) is 5.16 Å². The lowest BCUT2D eigenvalue weighted by atomic mass is 10.1. The van der Waals surface area contributed by atoms with Crippen molar-refractivity contribution < 1.29 is 14.3 Å². The van der Waals surface area contributed by atoms with Gasteiger partial charge in [-0.25, -0.2) is 9.97 Å². The van der Waals surface area contributed by atoms with Gasteiger partial charge in [0, 0.05) is 80.6 Å². The van der Waals surface area contributed by atoms with E-state index in [0.717, 1.165) is 92.6 Å². The third-order valence-electron chi connectivity index (χ3n) is 7.73. The summed E-state index contributed by atoms with van der Waals surface area (Å²) in [5.74, 6) is 2.55. The predicted molar refractivity (Wildman–Crippen MR) is 165 cm³/mol. The Morgan fingerprint density at radius 1 is 0.976 bits per heavy atom. The first-order chi connectivity index (χ1) is 20.0. The second-order valence-electron chi connectivity index (χ2n) is 10.4. The Hall–Kier alpha value is -3.34. The number of nitrogens with zero attached hydrogens (tertiary/aromatic N) is 5. The summed E-state index contributed by atoms with van der Waals surface area (Å²) in [6.45, 7) is 12.7. The summed E-state index contributed by atoms with van der Waals surface area (Å²) < 4.78 is 10.7. The summed E-state index contributed by atoms with van der Waals surface area (Å²) in [7, 11) is 1.69. The predicted octanol–water partition coefficient (Wildman–Crippen LogP) is 3.78. The van der Waals surface area contributed by atoms with Gasteiger partial charge >= 0.3 is 0 Å². The number of methoxy groups -OCH3 is 1. The van der Waals surface area contributed by atoms with Crippen molar-refractivity contribution in [3.8, 4) is 5.75 Å². The van der Waals surface area contributed by atoms with E-state index in [2.05, 4.69) is 52.1 Å². The number of morpholine rings is 1. The second kappa shape index (κ2) is 14.0. The van der Waals surface area contributed by atoms with Crippen LogP contribution in [0.3, 0.4) is 0 Å². The van der Waals surface area contributed by atoms with Crippen molar-refractivity contribution in [1.82, 2.24) is 20.2 Å². The van der Waals surface area contributed by atoms with Crippen molar-refractivity contribution >= 4 is 29.2 Å². The maximum Gasteiger partial charge on any atom is 0.251 e. The zero-order valence-corrected chi connectivity index (χ0v) is 25.1. The fourth-order valence-corrected chi connectivity index (χ4v) is 5.96. The van der Waals surface area contributed by atoms with Crippen molar-refractivity contribution in [2.75, 3.05) is 82.5 Å². The number of aryl methyl sites for hydroxylation is 1. The lowest BCUT2D eigenvalue weighted by Crippen LogP contribution is -2.47. The van der Waals surface area contributed by atoms with Gasteiger partial charge < -0.3 is 24.6 Å². The standard InChI is InChI=1S/C31H40N6O3S/c1-23-24(2)33-31(34-29(23)37-15-13-36(14-16-37)27-7-9-28(39-3)10-8-27)41-22-25-5-4-6-26(21-25)30(38)32-11-12-35-17-19-40-20-18-35/h4-10,21H,11-20,22H2,1-3H3,(H,32,38). The zero-order valence-electron chi connectivity index (χ0n) is 24.3. The van der Waals surface area contributed by atoms with Gasteiger partial charge in [-0.2, -0.15) is 0 Å². The van der Waals surface area contributed by atoms with Crippen LogP contribution in [0.1, 0.15) is 27.2 Å². The van der Waals surface area contributed by atoms with Crippen LogP contribution in [0.5, 0.6) is 5.75 Å². The minimum Gasteiger partial charge on any atom is -0.497 e. The molecule has 0 spiro atoms. The smallest absolute Gasteiger partial charge is 0.251 e. The number of piperazine rings is 1. The molecule has 218 valence electrons. The number of carbonyl (C=O) groups is 1. The maximum absolute atomic E-state index is 12.8. The van der Waals surface area contributed by atoms with Gasteiger partial charge in [-0.1, -0.05) is 23.9 Å². The normalized spacial score (nSPS) is 16.1. The molecule has 10 heteroatoms. The van der Waals surface area contributed by atoms with Gasteiger partial charge in [-0.15, -0.1) is 0 Å². The largest absolute Gasteiger partial charge is 0.497 e. The van der Waals surface area contributed by atoms with Crippen molar-refractivity contribution in [2.45, 2.75) is 24.8 Å². The molecular weight excluding hydrogens is 536 g/mol. The lowest BCUT2D eigenvalue weighted by Gasteiger charge is -2.37. The number of aromatic nitrogens is 2. The highest BCUT2D eigenvalue weighted by Crippen LogP contribution is 2.28. The first kappa shape index (κ1) is 29.2. The van der Waals surface area contributed by atoms with Crippen LogP contribution in [0, 0.1) is 13.8 Å². The molecule has 2 aliphatic rings. The van der Waals surface area contributed by atoms with Crippen LogP contribution in [0.25, 0.3) is 0 Å². The average molecular weight is 577 g/mol. The van der Waals surface area contributed by atoms with Gasteiger partial charge in [0.05, 0.1) is 20.3 Å². The summed E-state index contributed by atoms with van der Waals surface area (Å²) in [4.78, 5) is 29.6. The van der Waals surface area contributed by atoms with Gasteiger partial charge in [0.25, 0.3) is 5.91 Å². The Labute approximate surface area is 247 Å². The summed E-state index contributed by atoms with van der Waals surface area (Å²) >= 11 is 1.61. The molecule has 2 aliphatic heterocycles. The Bertz CT molecular complexity index is 1310. The van der Waals surface area contributed by atoms with Gasteiger partial charge in [-0.05, 0) is 55.8 Å². The minimum absolute atomic E-state index is 0.0383. The number of carbonyl (C=O) groups excluding carboxylic acids is 1. The molecule has 1 aromatic heterocycles. The van der Waals surface area contributed by atoms with Gasteiger partial charge in [-0.3, -0.25) is 9.69 Å². The van der Waals surface area contributed by atoms with E-state index in [1.807, 2.05) is 30.3 Å². The molecule has 0 atom stereocenters. The van der Waals surface area contributed by atoms with Crippen LogP contribution in [0.2, 0.25) is 0 Å². The van der Waals surface area contributed by atoms with Crippen LogP contribution >= 0.6 is 11.8 Å². The van der Waals surface area contributed by atoms with Crippen molar-refractivity contribution in [1.29, 1.82) is 0 Å². The molecule has 0 unspecified atom stereocenters. The molecule has 2 saturated heterocycles. The van der Waals surface area contributed by atoms with Gasteiger partial charge in [0.1, 0.15) is 11.6 Å². The van der Waals surface area contributed by atoms with E-state index in [9.17, 15) is 4.79 Å². The van der Waals surface area contributed by atoms with E-state index in [1.54, 1.807) is 18.9 Å². The van der Waals surface area contributed by atoms with Crippen LogP contribution in [0.4, 0.5) is 11.5 Å². The van der Waals surface area contributed by atoms with E-state index >= 15 is 0 Å². The van der Waals surface area contributed by atoms with Crippen molar-refractivity contribution in [3.05, 3.63) is 70.9 Å². The third-order valence-corrected chi connectivity index (χ3v) is 8.65. The third kappa shape index (κ3) is 7.69. The Balaban J connectivity index is 1.16. The molecule has 5 rings (SSSR count). The molecule has 3 heterocycles. The summed E-state index contributed by atoms with van der Waals surface area (Å²) in [6, 6.07) is 16.1. The Morgan fingerprint density at radius 2 is 1.71 bits per heavy atom. The highest BCUT2D eigenvalue weighted by Gasteiger charge is 2.22. The molecule has 3 aromatic rings. The second-order valence-corrected chi connectivity index (χ2v) is 11.4. The fourth-order valence-electron chi connectivity index (χ4n) is 5.14. The van der Waals surface area contributed by atoms with Gasteiger partial charge in [0.2, 0.25) is 0 Å². The molecule has 1 N–H and O–H groups in total. The van der Waals surface area contributed by atoms with Crippen molar-refractivity contribution in [3.63, 3.8) is 0 Å². The molecule has 1 amide bonds. The van der Waals surface area contributed by atoms with E-state index in [4.69, 9.17) is 19.4 Å². The lowest BCUT2D eigenvalue weighted by molar-refractivity contribution is 0.0383. The number of hydrogen-bond acceptors (Lipinski definition) is 9. The number of ether oxygens (including phenoxy) is 2. The zero-order chi connectivity index (χ0) is 28.6. The SMILES string of the molecule is COc1ccc(N2CCN(c3nc(SCc4cccc(C(=O)NCCN5CCOCC5)c4)nc(C)c3C)CC2)cc1. The molecule has 9 nitrogen and oxygen atoms in total. The minimum atomic E-state index is -0.0383. The molecule has 0 saturated carbocycles. The van der Waals surface area contributed by atoms with E-state index in [1.165, 1.54) is 5.69 Å². The number of benzene rings is 2. The Kier molecular flexibility index (Phi) is 9.97. The van der Waals surface area contributed by atoms with E-state index < -0.39 is 0 Å². The number of thioether (sulfide) groups is 1. The molecule has 2 aromatic carbocycles. The van der Waals surface area contributed by atoms with E-state index in [0.29, 0.717) is 17.9 Å². The molecular formula is C31H40N6O3S. The fraction of sp³-hybridized carbons (Fsp3) is 0.452. The number of nitrogens with one attached hydrogen (secondary N) is 1. The van der Waals surface area contributed by atoms with E-state index in [-0.39, 0.29) is 5.91 Å². The van der Waals surface area contributed by atoms with Crippen LogP contribution < -0.4 is 19.9 Å². The highest BCUT2D eigenvalue weighted by atomic mass is 32.2. The van der Waals surface area contributed by atoms with Crippen LogP contribution in [0.15, 0.2) is 53.7 Å². The first-order valence-electron chi connectivity index (χ1n) is 14.3. The summed E-state index contributed by atoms with van der Waals surface area (Å²) in [5, 5.41) is 3.82.